The van der Waals surface area contributed by atoms with Crippen molar-refractivity contribution in [2.24, 2.45) is 0 Å². The first-order valence-electron chi connectivity index (χ1n) is 7.16. The van der Waals surface area contributed by atoms with Crippen LogP contribution in [0.2, 0.25) is 5.02 Å². The minimum absolute atomic E-state index is 0.130. The van der Waals surface area contributed by atoms with Gasteiger partial charge in [0.25, 0.3) is 5.91 Å². The van der Waals surface area contributed by atoms with Crippen molar-refractivity contribution in [1.82, 2.24) is 10.6 Å². The van der Waals surface area contributed by atoms with Crippen molar-refractivity contribution in [3.05, 3.63) is 64.7 Å². The molecule has 124 valence electrons. The Morgan fingerprint density at radius 2 is 1.75 bits per heavy atom. The smallest absolute Gasteiger partial charge is 0.253 e. The number of thiocarbonyl (C=S) groups is 1. The molecule has 0 aliphatic heterocycles. The second-order valence-corrected chi connectivity index (χ2v) is 5.77. The van der Waals surface area contributed by atoms with Crippen molar-refractivity contribution >= 4 is 46.4 Å². The van der Waals surface area contributed by atoms with Gasteiger partial charge in [0.05, 0.1) is 17.7 Å². The van der Waals surface area contributed by atoms with Gasteiger partial charge in [-0.05, 0) is 42.0 Å². The lowest BCUT2D eigenvalue weighted by molar-refractivity contribution is -0.119. The minimum atomic E-state index is -0.257. The lowest BCUT2D eigenvalue weighted by atomic mass is 10.1. The molecule has 0 saturated carbocycles. The van der Waals surface area contributed by atoms with E-state index in [-0.39, 0.29) is 23.3 Å². The molecule has 2 amide bonds. The Hall–Kier alpha value is -2.44. The summed E-state index contributed by atoms with van der Waals surface area (Å²) in [4.78, 5) is 23.8. The molecule has 2 aromatic carbocycles. The van der Waals surface area contributed by atoms with Crippen molar-refractivity contribution in [2.75, 3.05) is 12.4 Å². The summed E-state index contributed by atoms with van der Waals surface area (Å²) in [6, 6.07) is 13.9. The molecule has 0 heterocycles. The number of amides is 2. The van der Waals surface area contributed by atoms with Crippen molar-refractivity contribution < 1.29 is 9.59 Å². The van der Waals surface area contributed by atoms with Crippen LogP contribution in [0.3, 0.4) is 0 Å². The third-order valence-electron chi connectivity index (χ3n) is 3.18. The molecule has 2 rings (SSSR count). The Kier molecular flexibility index (Phi) is 6.28. The third kappa shape index (κ3) is 5.04. The molecule has 0 fully saturated rings. The van der Waals surface area contributed by atoms with Crippen LogP contribution in [0.15, 0.2) is 48.5 Å². The van der Waals surface area contributed by atoms with Crippen LogP contribution in [0, 0.1) is 0 Å². The van der Waals surface area contributed by atoms with Crippen molar-refractivity contribution in [3.8, 4) is 0 Å². The summed E-state index contributed by atoms with van der Waals surface area (Å²) in [5.74, 6) is -0.499. The first-order chi connectivity index (χ1) is 11.5. The third-order valence-corrected chi connectivity index (χ3v) is 3.63. The number of para-hydroxylation sites is 1. The quantitative estimate of drug-likeness (QED) is 0.732. The van der Waals surface area contributed by atoms with Crippen LogP contribution in [0.1, 0.15) is 15.9 Å². The number of rotatable bonds is 4. The van der Waals surface area contributed by atoms with Gasteiger partial charge in [-0.3, -0.25) is 9.59 Å². The highest BCUT2D eigenvalue weighted by Gasteiger charge is 2.11. The minimum Gasteiger partial charge on any atom is -0.355 e. The van der Waals surface area contributed by atoms with Gasteiger partial charge in [0.2, 0.25) is 5.91 Å². The zero-order valence-electron chi connectivity index (χ0n) is 12.9. The molecule has 0 unspecified atom stereocenters. The summed E-state index contributed by atoms with van der Waals surface area (Å²) in [5, 5.41) is 8.76. The highest BCUT2D eigenvalue weighted by molar-refractivity contribution is 7.80. The largest absolute Gasteiger partial charge is 0.355 e. The van der Waals surface area contributed by atoms with E-state index < -0.39 is 0 Å². The monoisotopic (exact) mass is 361 g/mol. The standard InChI is InChI=1S/C17H16ClN3O2S/c1-19-16(23)13-4-2-3-5-14(13)20-17(24)21-15(22)10-11-6-8-12(18)9-7-11/h2-9H,10H2,1H3,(H,19,23)(H2,20,21,22,24). The average molecular weight is 362 g/mol. The molecule has 0 aliphatic carbocycles. The van der Waals surface area contributed by atoms with E-state index in [1.165, 1.54) is 0 Å². The van der Waals surface area contributed by atoms with E-state index in [4.69, 9.17) is 23.8 Å². The van der Waals surface area contributed by atoms with Crippen molar-refractivity contribution in [3.63, 3.8) is 0 Å². The van der Waals surface area contributed by atoms with Crippen LogP contribution >= 0.6 is 23.8 Å². The molecule has 0 spiro atoms. The summed E-state index contributed by atoms with van der Waals surface area (Å²) in [7, 11) is 1.55. The van der Waals surface area contributed by atoms with Crippen LogP contribution < -0.4 is 16.0 Å². The van der Waals surface area contributed by atoms with E-state index >= 15 is 0 Å². The van der Waals surface area contributed by atoms with E-state index in [9.17, 15) is 9.59 Å². The predicted octanol–water partition coefficient (Wildman–Crippen LogP) is 2.76. The van der Waals surface area contributed by atoms with Crippen LogP contribution in [-0.2, 0) is 11.2 Å². The van der Waals surface area contributed by atoms with E-state index in [1.54, 1.807) is 55.6 Å². The molecule has 0 saturated heterocycles. The fraction of sp³-hybridized carbons (Fsp3) is 0.118. The number of anilines is 1. The Morgan fingerprint density at radius 1 is 1.08 bits per heavy atom. The SMILES string of the molecule is CNC(=O)c1ccccc1NC(=S)NC(=O)Cc1ccc(Cl)cc1. The molecule has 2 aromatic rings. The molecule has 0 atom stereocenters. The number of hydrogen-bond acceptors (Lipinski definition) is 3. The lowest BCUT2D eigenvalue weighted by Crippen LogP contribution is -2.35. The summed E-state index contributed by atoms with van der Waals surface area (Å²) in [6.45, 7) is 0. The van der Waals surface area contributed by atoms with Crippen LogP contribution in [-0.4, -0.2) is 24.0 Å². The summed E-state index contributed by atoms with van der Waals surface area (Å²) in [6.07, 6.45) is 0.177. The molecule has 0 aromatic heterocycles. The molecule has 0 aliphatic rings. The van der Waals surface area contributed by atoms with E-state index in [2.05, 4.69) is 16.0 Å². The maximum atomic E-state index is 12.0. The lowest BCUT2D eigenvalue weighted by Gasteiger charge is -2.12. The molecule has 24 heavy (non-hydrogen) atoms. The van der Waals surface area contributed by atoms with Gasteiger partial charge in [0.1, 0.15) is 0 Å². The van der Waals surface area contributed by atoms with E-state index in [1.807, 2.05) is 0 Å². The number of hydrogen-bond donors (Lipinski definition) is 3. The Morgan fingerprint density at radius 3 is 2.42 bits per heavy atom. The summed E-state index contributed by atoms with van der Waals surface area (Å²) in [5.41, 5.74) is 1.79. The number of benzene rings is 2. The second-order valence-electron chi connectivity index (χ2n) is 4.93. The highest BCUT2D eigenvalue weighted by atomic mass is 35.5. The molecule has 3 N–H and O–H groups in total. The van der Waals surface area contributed by atoms with Gasteiger partial charge in [-0.1, -0.05) is 35.9 Å². The first kappa shape index (κ1) is 17.9. The van der Waals surface area contributed by atoms with Gasteiger partial charge in [-0.2, -0.15) is 0 Å². The number of nitrogens with one attached hydrogen (secondary N) is 3. The van der Waals surface area contributed by atoms with Crippen molar-refractivity contribution in [2.45, 2.75) is 6.42 Å². The van der Waals surface area contributed by atoms with Gasteiger partial charge >= 0.3 is 0 Å². The molecular formula is C17H16ClN3O2S. The fourth-order valence-electron chi connectivity index (χ4n) is 2.04. The van der Waals surface area contributed by atoms with Crippen LogP contribution in [0.5, 0.6) is 0 Å². The number of carbonyl (C=O) groups excluding carboxylic acids is 2. The zero-order valence-corrected chi connectivity index (χ0v) is 14.5. The molecule has 0 bridgehead atoms. The van der Waals surface area contributed by atoms with Crippen LogP contribution in [0.4, 0.5) is 5.69 Å². The molecular weight excluding hydrogens is 346 g/mol. The van der Waals surface area contributed by atoms with Gasteiger partial charge in [0, 0.05) is 12.1 Å². The number of carbonyl (C=O) groups is 2. The van der Waals surface area contributed by atoms with Crippen LogP contribution in [0.25, 0.3) is 0 Å². The molecule has 5 nitrogen and oxygen atoms in total. The fourth-order valence-corrected chi connectivity index (χ4v) is 2.39. The second kappa shape index (κ2) is 8.42. The predicted molar refractivity (Wildman–Crippen MR) is 99.4 cm³/mol. The summed E-state index contributed by atoms with van der Waals surface area (Å²) < 4.78 is 0. The first-order valence-corrected chi connectivity index (χ1v) is 7.94. The Labute approximate surface area is 150 Å². The Balaban J connectivity index is 1.97. The zero-order chi connectivity index (χ0) is 17.5. The maximum Gasteiger partial charge on any atom is 0.253 e. The molecule has 7 heteroatoms. The van der Waals surface area contributed by atoms with E-state index in [0.717, 1.165) is 5.56 Å². The average Bonchev–Trinajstić information content (AvgIpc) is 2.56. The molecule has 0 radical (unpaired) electrons. The number of halogens is 1. The van der Waals surface area contributed by atoms with Gasteiger partial charge in [0.15, 0.2) is 5.11 Å². The van der Waals surface area contributed by atoms with E-state index in [0.29, 0.717) is 16.3 Å². The van der Waals surface area contributed by atoms with Gasteiger partial charge < -0.3 is 16.0 Å². The topological polar surface area (TPSA) is 70.2 Å². The van der Waals surface area contributed by atoms with Gasteiger partial charge in [-0.15, -0.1) is 0 Å². The Bertz CT molecular complexity index is 763. The van der Waals surface area contributed by atoms with Crippen molar-refractivity contribution in [1.29, 1.82) is 0 Å². The highest BCUT2D eigenvalue weighted by Crippen LogP contribution is 2.14. The maximum absolute atomic E-state index is 12.0. The summed E-state index contributed by atoms with van der Waals surface area (Å²) >= 11 is 10.9. The normalized spacial score (nSPS) is 9.92. The van der Waals surface area contributed by atoms with Gasteiger partial charge in [-0.25, -0.2) is 0 Å².